The van der Waals surface area contributed by atoms with Crippen molar-refractivity contribution in [2.45, 2.75) is 6.61 Å². The lowest BCUT2D eigenvalue weighted by Crippen LogP contribution is -2.20. The van der Waals surface area contributed by atoms with E-state index in [-0.39, 0.29) is 28.8 Å². The lowest BCUT2D eigenvalue weighted by Gasteiger charge is -2.13. The monoisotopic (exact) mass is 587 g/mol. The second kappa shape index (κ2) is 11.1. The van der Waals surface area contributed by atoms with Crippen molar-refractivity contribution < 1.29 is 18.3 Å². The first kappa shape index (κ1) is 26.6. The van der Waals surface area contributed by atoms with E-state index in [1.807, 2.05) is 0 Å². The molecule has 2 heterocycles. The van der Waals surface area contributed by atoms with E-state index in [9.17, 15) is 9.18 Å². The van der Waals surface area contributed by atoms with Gasteiger partial charge in [-0.25, -0.2) is 9.37 Å². The molecule has 0 aliphatic heterocycles. The van der Waals surface area contributed by atoms with E-state index < -0.39 is 0 Å². The normalized spacial score (nSPS) is 11.5. The van der Waals surface area contributed by atoms with Crippen LogP contribution in [0.5, 0.6) is 11.5 Å². The first-order valence-corrected chi connectivity index (χ1v) is 13.2. The maximum absolute atomic E-state index is 13.6. The topological polar surface area (TPSA) is 78.9 Å². The first-order chi connectivity index (χ1) is 19.9. The summed E-state index contributed by atoms with van der Waals surface area (Å²) >= 11 is 12.7. The molecule has 41 heavy (non-hydrogen) atoms. The molecule has 0 aliphatic carbocycles. The third-order valence-corrected chi connectivity index (χ3v) is 6.81. The van der Waals surface area contributed by atoms with Crippen LogP contribution in [-0.4, -0.2) is 23.0 Å². The summed E-state index contributed by atoms with van der Waals surface area (Å²) in [6.07, 6.45) is 1.46. The molecule has 0 radical (unpaired) electrons. The van der Waals surface area contributed by atoms with Crippen LogP contribution < -0.4 is 15.0 Å². The number of fused-ring (bicyclic) bond motifs is 2. The highest BCUT2D eigenvalue weighted by atomic mass is 35.5. The molecule has 0 saturated carbocycles. The van der Waals surface area contributed by atoms with Gasteiger partial charge in [0, 0.05) is 10.4 Å². The van der Waals surface area contributed by atoms with Crippen molar-refractivity contribution in [2.24, 2.45) is 5.10 Å². The maximum atomic E-state index is 13.6. The van der Waals surface area contributed by atoms with E-state index in [0.29, 0.717) is 49.9 Å². The second-order valence-electron chi connectivity index (χ2n) is 9.06. The summed E-state index contributed by atoms with van der Waals surface area (Å²) in [6.45, 7) is 0.0888. The van der Waals surface area contributed by atoms with Crippen molar-refractivity contribution in [3.8, 4) is 23.1 Å². The largest absolute Gasteiger partial charge is 0.493 e. The number of halogens is 3. The van der Waals surface area contributed by atoms with Crippen molar-refractivity contribution >= 4 is 51.3 Å². The average molecular weight is 588 g/mol. The molecular weight excluding hydrogens is 568 g/mol. The summed E-state index contributed by atoms with van der Waals surface area (Å²) in [5.74, 6) is 0.833. The molecule has 0 saturated heterocycles. The highest BCUT2D eigenvalue weighted by Crippen LogP contribution is 2.37. The van der Waals surface area contributed by atoms with Crippen LogP contribution in [-0.2, 0) is 6.61 Å². The van der Waals surface area contributed by atoms with Crippen molar-refractivity contribution in [3.05, 3.63) is 122 Å². The fourth-order valence-electron chi connectivity index (χ4n) is 4.38. The van der Waals surface area contributed by atoms with E-state index in [2.05, 4.69) is 10.1 Å². The number of methoxy groups -OCH3 is 1. The molecule has 0 bridgehead atoms. The number of hydrogen-bond acceptors (Lipinski definition) is 6. The SMILES string of the molecule is COc1cc(C=Nn2c(-c3cc4cc(Cl)ccc4o3)nc3ccccc3c2=O)cc(Cl)c1OCc1cccc(F)c1. The van der Waals surface area contributed by atoms with Gasteiger partial charge < -0.3 is 13.9 Å². The predicted octanol–water partition coefficient (Wildman–Crippen LogP) is 7.73. The number of para-hydroxylation sites is 1. The number of hydrogen-bond donors (Lipinski definition) is 0. The van der Waals surface area contributed by atoms with Gasteiger partial charge in [-0.3, -0.25) is 4.79 Å². The third kappa shape index (κ3) is 5.39. The highest BCUT2D eigenvalue weighted by molar-refractivity contribution is 6.32. The minimum atomic E-state index is -0.381. The van der Waals surface area contributed by atoms with Gasteiger partial charge in [0.25, 0.3) is 5.56 Å². The summed E-state index contributed by atoms with van der Waals surface area (Å²) < 4.78 is 32.1. The molecular formula is C31H20Cl2FN3O4. The number of ether oxygens (including phenoxy) is 2. The second-order valence-corrected chi connectivity index (χ2v) is 9.90. The van der Waals surface area contributed by atoms with Crippen LogP contribution in [0.4, 0.5) is 4.39 Å². The molecule has 0 atom stereocenters. The summed E-state index contributed by atoms with van der Waals surface area (Å²) in [5, 5.41) is 6.43. The Hall–Kier alpha value is -4.66. The summed E-state index contributed by atoms with van der Waals surface area (Å²) in [4.78, 5) is 18.2. The zero-order chi connectivity index (χ0) is 28.5. The molecule has 2 aromatic heterocycles. The van der Waals surface area contributed by atoms with Gasteiger partial charge in [0.05, 0.1) is 29.2 Å². The highest BCUT2D eigenvalue weighted by Gasteiger charge is 2.17. The number of nitrogens with zero attached hydrogens (tertiary/aromatic N) is 3. The molecule has 0 amide bonds. The Morgan fingerprint density at radius 2 is 1.88 bits per heavy atom. The minimum absolute atomic E-state index is 0.0888. The molecule has 7 nitrogen and oxygen atoms in total. The van der Waals surface area contributed by atoms with Crippen LogP contribution in [0.15, 0.2) is 99.2 Å². The van der Waals surface area contributed by atoms with Gasteiger partial charge in [0.15, 0.2) is 17.3 Å². The molecule has 0 unspecified atom stereocenters. The van der Waals surface area contributed by atoms with Crippen molar-refractivity contribution in [1.29, 1.82) is 0 Å². The Kier molecular flexibility index (Phi) is 7.17. The molecule has 6 rings (SSSR count). The lowest BCUT2D eigenvalue weighted by atomic mass is 10.2. The average Bonchev–Trinajstić information content (AvgIpc) is 3.39. The van der Waals surface area contributed by atoms with Gasteiger partial charge in [0.2, 0.25) is 5.82 Å². The third-order valence-electron chi connectivity index (χ3n) is 6.30. The van der Waals surface area contributed by atoms with Crippen LogP contribution in [0.3, 0.4) is 0 Å². The van der Waals surface area contributed by atoms with Crippen LogP contribution in [0.1, 0.15) is 11.1 Å². The Morgan fingerprint density at radius 1 is 1.02 bits per heavy atom. The Morgan fingerprint density at radius 3 is 2.71 bits per heavy atom. The van der Waals surface area contributed by atoms with Gasteiger partial charge in [-0.15, -0.1) is 0 Å². The molecule has 10 heteroatoms. The van der Waals surface area contributed by atoms with Gasteiger partial charge in [-0.2, -0.15) is 9.78 Å². The Bertz CT molecular complexity index is 2020. The van der Waals surface area contributed by atoms with E-state index >= 15 is 0 Å². The van der Waals surface area contributed by atoms with Crippen molar-refractivity contribution in [3.63, 3.8) is 0 Å². The van der Waals surface area contributed by atoms with Crippen LogP contribution in [0.25, 0.3) is 33.5 Å². The first-order valence-electron chi connectivity index (χ1n) is 12.4. The number of aromatic nitrogens is 2. The predicted molar refractivity (Wildman–Crippen MR) is 158 cm³/mol. The zero-order valence-electron chi connectivity index (χ0n) is 21.5. The fraction of sp³-hybridized carbons (Fsp3) is 0.0645. The molecule has 0 spiro atoms. The Labute approximate surface area is 243 Å². The minimum Gasteiger partial charge on any atom is -0.493 e. The van der Waals surface area contributed by atoms with Crippen LogP contribution in [0, 0.1) is 5.82 Å². The van der Waals surface area contributed by atoms with E-state index in [0.717, 1.165) is 5.39 Å². The number of rotatable bonds is 7. The summed E-state index contributed by atoms with van der Waals surface area (Å²) in [7, 11) is 1.48. The smallest absolute Gasteiger partial charge is 0.282 e. The maximum Gasteiger partial charge on any atom is 0.282 e. The standard InChI is InChI=1S/C31H20Cl2FN3O4/c1-39-27-13-19(12-24(33)29(27)40-17-18-5-4-6-22(34)11-18)16-35-37-30(36-25-8-3-2-7-23(25)31(37)38)28-15-20-14-21(32)9-10-26(20)41-28/h2-16H,17H2,1H3. The van der Waals surface area contributed by atoms with Crippen molar-refractivity contribution in [2.75, 3.05) is 7.11 Å². The molecule has 0 fully saturated rings. The summed E-state index contributed by atoms with van der Waals surface area (Å²) in [5.41, 5.74) is 1.88. The van der Waals surface area contributed by atoms with Crippen LogP contribution >= 0.6 is 23.2 Å². The molecule has 4 aromatic carbocycles. The summed E-state index contributed by atoms with van der Waals surface area (Å²) in [6, 6.07) is 23.4. The van der Waals surface area contributed by atoms with Crippen LogP contribution in [0.2, 0.25) is 10.0 Å². The molecule has 204 valence electrons. The van der Waals surface area contributed by atoms with Gasteiger partial charge in [-0.05, 0) is 71.8 Å². The van der Waals surface area contributed by atoms with Gasteiger partial charge in [-0.1, -0.05) is 47.5 Å². The van der Waals surface area contributed by atoms with Gasteiger partial charge in [0.1, 0.15) is 18.0 Å². The van der Waals surface area contributed by atoms with E-state index in [4.69, 9.17) is 37.1 Å². The molecule has 6 aromatic rings. The molecule has 0 N–H and O–H groups in total. The van der Waals surface area contributed by atoms with Gasteiger partial charge >= 0.3 is 0 Å². The van der Waals surface area contributed by atoms with E-state index in [1.54, 1.807) is 72.8 Å². The quantitative estimate of drug-likeness (QED) is 0.179. The van der Waals surface area contributed by atoms with Crippen molar-refractivity contribution in [1.82, 2.24) is 9.66 Å². The zero-order valence-corrected chi connectivity index (χ0v) is 23.0. The number of benzene rings is 4. The lowest BCUT2D eigenvalue weighted by molar-refractivity contribution is 0.284. The number of furan rings is 1. The fourth-order valence-corrected chi connectivity index (χ4v) is 4.83. The Balaban J connectivity index is 1.40. The van der Waals surface area contributed by atoms with E-state index in [1.165, 1.54) is 30.1 Å². The molecule has 0 aliphatic rings.